The SMILES string of the molecule is COCCCNC(=O)c1cnn2c(-c3ccccc3)cc(-c3ccccc3)nc12. The summed E-state index contributed by atoms with van der Waals surface area (Å²) >= 11 is 0. The molecule has 0 atom stereocenters. The van der Waals surface area contributed by atoms with Gasteiger partial charge in [-0.2, -0.15) is 5.10 Å². The predicted molar refractivity (Wildman–Crippen MR) is 113 cm³/mol. The molecule has 1 N–H and O–H groups in total. The summed E-state index contributed by atoms with van der Waals surface area (Å²) in [5.74, 6) is -0.187. The molecule has 0 spiro atoms. The molecule has 146 valence electrons. The van der Waals surface area contributed by atoms with Crippen molar-refractivity contribution in [1.82, 2.24) is 19.9 Å². The molecule has 0 bridgehead atoms. The molecule has 6 nitrogen and oxygen atoms in total. The highest BCUT2D eigenvalue weighted by atomic mass is 16.5. The van der Waals surface area contributed by atoms with Crippen LogP contribution in [0.25, 0.3) is 28.2 Å². The second-order valence-corrected chi connectivity index (χ2v) is 6.65. The summed E-state index contributed by atoms with van der Waals surface area (Å²) in [7, 11) is 1.65. The van der Waals surface area contributed by atoms with E-state index in [0.717, 1.165) is 28.9 Å². The average Bonchev–Trinajstić information content (AvgIpc) is 3.21. The molecule has 0 fully saturated rings. The van der Waals surface area contributed by atoms with E-state index in [4.69, 9.17) is 9.72 Å². The molecular formula is C23H22N4O2. The van der Waals surface area contributed by atoms with Gasteiger partial charge < -0.3 is 10.1 Å². The summed E-state index contributed by atoms with van der Waals surface area (Å²) in [4.78, 5) is 17.5. The van der Waals surface area contributed by atoms with Gasteiger partial charge in [0.1, 0.15) is 5.56 Å². The molecule has 4 aromatic rings. The molecule has 0 aliphatic carbocycles. The van der Waals surface area contributed by atoms with Crippen LogP contribution in [0.1, 0.15) is 16.8 Å². The lowest BCUT2D eigenvalue weighted by molar-refractivity contribution is 0.0950. The number of hydrogen-bond acceptors (Lipinski definition) is 4. The van der Waals surface area contributed by atoms with Crippen LogP contribution in [0.5, 0.6) is 0 Å². The number of amides is 1. The number of nitrogens with one attached hydrogen (secondary N) is 1. The molecule has 2 heterocycles. The van der Waals surface area contributed by atoms with Crippen LogP contribution >= 0.6 is 0 Å². The van der Waals surface area contributed by atoms with Crippen molar-refractivity contribution in [3.63, 3.8) is 0 Å². The maximum atomic E-state index is 12.7. The van der Waals surface area contributed by atoms with Crippen molar-refractivity contribution < 1.29 is 9.53 Å². The quantitative estimate of drug-likeness (QED) is 0.490. The van der Waals surface area contributed by atoms with Crippen molar-refractivity contribution in [3.05, 3.63) is 78.5 Å². The monoisotopic (exact) mass is 386 g/mol. The number of fused-ring (bicyclic) bond motifs is 1. The van der Waals surface area contributed by atoms with Crippen molar-refractivity contribution in [1.29, 1.82) is 0 Å². The van der Waals surface area contributed by atoms with Gasteiger partial charge in [-0.3, -0.25) is 4.79 Å². The number of carbonyl (C=O) groups is 1. The fourth-order valence-corrected chi connectivity index (χ4v) is 3.21. The van der Waals surface area contributed by atoms with Crippen molar-refractivity contribution in [3.8, 4) is 22.5 Å². The van der Waals surface area contributed by atoms with Crippen LogP contribution in [0, 0.1) is 0 Å². The van der Waals surface area contributed by atoms with Crippen LogP contribution in [-0.2, 0) is 4.74 Å². The molecule has 0 saturated heterocycles. The minimum absolute atomic E-state index is 0.187. The smallest absolute Gasteiger partial charge is 0.256 e. The first-order chi connectivity index (χ1) is 14.3. The maximum Gasteiger partial charge on any atom is 0.256 e. The van der Waals surface area contributed by atoms with Crippen LogP contribution in [-0.4, -0.2) is 40.8 Å². The summed E-state index contributed by atoms with van der Waals surface area (Å²) in [5, 5.41) is 7.38. The van der Waals surface area contributed by atoms with E-state index in [-0.39, 0.29) is 5.91 Å². The van der Waals surface area contributed by atoms with Crippen LogP contribution in [0.4, 0.5) is 0 Å². The van der Waals surface area contributed by atoms with Crippen molar-refractivity contribution in [2.75, 3.05) is 20.3 Å². The highest BCUT2D eigenvalue weighted by molar-refractivity contribution is 6.00. The Morgan fingerprint density at radius 3 is 2.41 bits per heavy atom. The Bertz CT molecular complexity index is 1110. The summed E-state index contributed by atoms with van der Waals surface area (Å²) in [6, 6.07) is 21.9. The number of ether oxygens (including phenoxy) is 1. The summed E-state index contributed by atoms with van der Waals surface area (Å²) < 4.78 is 6.76. The number of aromatic nitrogens is 3. The molecule has 0 saturated carbocycles. The third-order valence-corrected chi connectivity index (χ3v) is 4.67. The normalized spacial score (nSPS) is 10.9. The molecule has 6 heteroatoms. The van der Waals surface area contributed by atoms with Gasteiger partial charge in [0.05, 0.1) is 17.6 Å². The Balaban J connectivity index is 1.80. The Kier molecular flexibility index (Phi) is 5.63. The second-order valence-electron chi connectivity index (χ2n) is 6.65. The molecular weight excluding hydrogens is 364 g/mol. The highest BCUT2D eigenvalue weighted by Crippen LogP contribution is 2.27. The zero-order valence-corrected chi connectivity index (χ0v) is 16.2. The van der Waals surface area contributed by atoms with E-state index in [2.05, 4.69) is 10.4 Å². The largest absolute Gasteiger partial charge is 0.385 e. The molecule has 0 radical (unpaired) electrons. The summed E-state index contributed by atoms with van der Waals surface area (Å²) in [6.45, 7) is 1.14. The topological polar surface area (TPSA) is 68.5 Å². The first-order valence-corrected chi connectivity index (χ1v) is 9.54. The number of carbonyl (C=O) groups excluding carboxylic acids is 1. The van der Waals surface area contributed by atoms with Crippen LogP contribution in [0.2, 0.25) is 0 Å². The third kappa shape index (κ3) is 4.02. The fourth-order valence-electron chi connectivity index (χ4n) is 3.21. The number of methoxy groups -OCH3 is 1. The lowest BCUT2D eigenvalue weighted by Gasteiger charge is -2.10. The third-order valence-electron chi connectivity index (χ3n) is 4.67. The van der Waals surface area contributed by atoms with E-state index in [9.17, 15) is 4.79 Å². The Morgan fingerprint density at radius 1 is 1.03 bits per heavy atom. The summed E-state index contributed by atoms with van der Waals surface area (Å²) in [6.07, 6.45) is 2.33. The molecule has 29 heavy (non-hydrogen) atoms. The lowest BCUT2D eigenvalue weighted by atomic mass is 10.1. The van der Waals surface area contributed by atoms with Crippen molar-refractivity contribution >= 4 is 11.6 Å². The van der Waals surface area contributed by atoms with Gasteiger partial charge in [0.2, 0.25) is 0 Å². The van der Waals surface area contributed by atoms with E-state index in [1.54, 1.807) is 17.8 Å². The van der Waals surface area contributed by atoms with Gasteiger partial charge in [-0.15, -0.1) is 0 Å². The predicted octanol–water partition coefficient (Wildman–Crippen LogP) is 3.83. The Labute approximate surface area is 169 Å². The van der Waals surface area contributed by atoms with Crippen LogP contribution in [0.15, 0.2) is 72.9 Å². The van der Waals surface area contributed by atoms with E-state index in [1.165, 1.54) is 0 Å². The minimum atomic E-state index is -0.187. The standard InChI is InChI=1S/C23H22N4O2/c1-29-14-8-13-24-23(28)19-16-25-27-21(18-11-6-3-7-12-18)15-20(26-22(19)27)17-9-4-2-5-10-17/h2-7,9-12,15-16H,8,13-14H2,1H3,(H,24,28). The van der Waals surface area contributed by atoms with Gasteiger partial charge in [-0.05, 0) is 12.5 Å². The van der Waals surface area contributed by atoms with Crippen LogP contribution < -0.4 is 5.32 Å². The highest BCUT2D eigenvalue weighted by Gasteiger charge is 2.18. The average molecular weight is 386 g/mol. The van der Waals surface area contributed by atoms with E-state index >= 15 is 0 Å². The Hall–Kier alpha value is -3.51. The van der Waals surface area contributed by atoms with Gasteiger partial charge in [0, 0.05) is 31.4 Å². The first-order valence-electron chi connectivity index (χ1n) is 9.54. The van der Waals surface area contributed by atoms with E-state index in [0.29, 0.717) is 24.4 Å². The van der Waals surface area contributed by atoms with Gasteiger partial charge in [0.15, 0.2) is 5.65 Å². The lowest BCUT2D eigenvalue weighted by Crippen LogP contribution is -2.25. The minimum Gasteiger partial charge on any atom is -0.385 e. The maximum absolute atomic E-state index is 12.7. The molecule has 0 aliphatic rings. The van der Waals surface area contributed by atoms with Gasteiger partial charge >= 0.3 is 0 Å². The number of hydrogen-bond donors (Lipinski definition) is 1. The van der Waals surface area contributed by atoms with Crippen molar-refractivity contribution in [2.24, 2.45) is 0 Å². The van der Waals surface area contributed by atoms with Gasteiger partial charge in [-0.1, -0.05) is 60.7 Å². The van der Waals surface area contributed by atoms with Gasteiger partial charge in [-0.25, -0.2) is 9.50 Å². The first kappa shape index (κ1) is 18.8. The molecule has 0 aliphatic heterocycles. The molecule has 0 unspecified atom stereocenters. The molecule has 1 amide bonds. The number of nitrogens with zero attached hydrogens (tertiary/aromatic N) is 3. The fraction of sp³-hybridized carbons (Fsp3) is 0.174. The van der Waals surface area contributed by atoms with E-state index < -0.39 is 0 Å². The van der Waals surface area contributed by atoms with Gasteiger partial charge in [0.25, 0.3) is 5.91 Å². The molecule has 2 aromatic carbocycles. The zero-order valence-electron chi connectivity index (χ0n) is 16.2. The summed E-state index contributed by atoms with van der Waals surface area (Å²) in [5.41, 5.74) is 4.66. The second kappa shape index (κ2) is 8.67. The molecule has 2 aromatic heterocycles. The number of rotatable bonds is 7. The molecule has 4 rings (SSSR count). The number of benzene rings is 2. The Morgan fingerprint density at radius 2 is 1.72 bits per heavy atom. The van der Waals surface area contributed by atoms with Crippen molar-refractivity contribution in [2.45, 2.75) is 6.42 Å². The van der Waals surface area contributed by atoms with Crippen LogP contribution in [0.3, 0.4) is 0 Å². The zero-order chi connectivity index (χ0) is 20.1. The van der Waals surface area contributed by atoms with E-state index in [1.807, 2.05) is 66.7 Å².